The Morgan fingerprint density at radius 2 is 1.91 bits per heavy atom. The lowest BCUT2D eigenvalue weighted by atomic mass is 9.94. The van der Waals surface area contributed by atoms with Gasteiger partial charge in [0.05, 0.1) is 12.2 Å². The van der Waals surface area contributed by atoms with E-state index in [9.17, 15) is 9.90 Å². The van der Waals surface area contributed by atoms with Crippen LogP contribution in [-0.4, -0.2) is 47.6 Å². The average Bonchev–Trinajstić information content (AvgIpc) is 2.91. The summed E-state index contributed by atoms with van der Waals surface area (Å²) in [6, 6.07) is 8.68. The maximum atomic E-state index is 12.4. The number of rotatable bonds is 3. The lowest BCUT2D eigenvalue weighted by molar-refractivity contribution is -0.230. The van der Waals surface area contributed by atoms with Gasteiger partial charge in [0.15, 0.2) is 23.8 Å². The molecule has 6 nitrogen and oxygen atoms in total. The summed E-state index contributed by atoms with van der Waals surface area (Å²) in [7, 11) is 0. The van der Waals surface area contributed by atoms with Gasteiger partial charge < -0.3 is 24.1 Å². The number of benzene rings is 1. The summed E-state index contributed by atoms with van der Waals surface area (Å²) in [6.45, 7) is 4.94. The third-order valence-electron chi connectivity index (χ3n) is 4.05. The van der Waals surface area contributed by atoms with Gasteiger partial charge in [-0.1, -0.05) is 18.2 Å². The van der Waals surface area contributed by atoms with Crippen LogP contribution in [0.1, 0.15) is 31.1 Å². The molecule has 22 heavy (non-hydrogen) atoms. The van der Waals surface area contributed by atoms with Gasteiger partial charge in [-0.05, 0) is 32.9 Å². The highest BCUT2D eigenvalue weighted by molar-refractivity contribution is 5.89. The molecule has 0 unspecified atom stereocenters. The topological polar surface area (TPSA) is 74.2 Å². The monoisotopic (exact) mass is 308 g/mol. The van der Waals surface area contributed by atoms with E-state index < -0.39 is 35.9 Å². The zero-order valence-corrected chi connectivity index (χ0v) is 12.8. The molecule has 0 bridgehead atoms. The zero-order valence-electron chi connectivity index (χ0n) is 12.8. The fourth-order valence-corrected chi connectivity index (χ4v) is 2.88. The Morgan fingerprint density at radius 1 is 1.23 bits per heavy atom. The lowest BCUT2D eigenvalue weighted by Crippen LogP contribution is -2.51. The molecule has 2 fully saturated rings. The van der Waals surface area contributed by atoms with Crippen LogP contribution in [0.5, 0.6) is 0 Å². The second-order valence-electron chi connectivity index (χ2n) is 6.17. The van der Waals surface area contributed by atoms with Crippen LogP contribution in [0.25, 0.3) is 0 Å². The molecule has 0 amide bonds. The summed E-state index contributed by atoms with van der Waals surface area (Å²) >= 11 is 0. The number of hydrogen-bond donors (Lipinski definition) is 1. The first-order valence-corrected chi connectivity index (χ1v) is 7.26. The Balaban J connectivity index is 1.84. The normalized spacial score (nSPS) is 36.1. The highest BCUT2D eigenvalue weighted by atomic mass is 16.8. The van der Waals surface area contributed by atoms with E-state index in [1.54, 1.807) is 45.0 Å². The van der Waals surface area contributed by atoms with E-state index >= 15 is 0 Å². The molecule has 2 aliphatic rings. The lowest BCUT2D eigenvalue weighted by Gasteiger charge is -2.33. The van der Waals surface area contributed by atoms with E-state index in [1.165, 1.54) is 0 Å². The van der Waals surface area contributed by atoms with Crippen LogP contribution in [0, 0.1) is 0 Å². The quantitative estimate of drug-likeness (QED) is 0.852. The maximum absolute atomic E-state index is 12.4. The largest absolute Gasteiger partial charge is 0.450 e. The van der Waals surface area contributed by atoms with Crippen molar-refractivity contribution in [1.29, 1.82) is 0 Å². The van der Waals surface area contributed by atoms with E-state index in [-0.39, 0.29) is 6.61 Å². The van der Waals surface area contributed by atoms with Crippen molar-refractivity contribution in [2.75, 3.05) is 6.61 Å². The minimum absolute atomic E-state index is 0.293. The maximum Gasteiger partial charge on any atom is 0.338 e. The third kappa shape index (κ3) is 2.52. The van der Waals surface area contributed by atoms with Crippen molar-refractivity contribution in [3.8, 4) is 0 Å². The number of ether oxygens (including phenoxy) is 4. The van der Waals surface area contributed by atoms with Gasteiger partial charge in [-0.2, -0.15) is 0 Å². The molecule has 0 aliphatic carbocycles. The smallest absolute Gasteiger partial charge is 0.338 e. The third-order valence-corrected chi connectivity index (χ3v) is 4.05. The van der Waals surface area contributed by atoms with Crippen molar-refractivity contribution in [3.63, 3.8) is 0 Å². The van der Waals surface area contributed by atoms with Gasteiger partial charge in [0.25, 0.3) is 0 Å². The molecular weight excluding hydrogens is 288 g/mol. The highest BCUT2D eigenvalue weighted by Crippen LogP contribution is 2.45. The fourth-order valence-electron chi connectivity index (χ4n) is 2.88. The van der Waals surface area contributed by atoms with E-state index in [1.807, 2.05) is 6.07 Å². The van der Waals surface area contributed by atoms with Crippen LogP contribution >= 0.6 is 0 Å². The number of aliphatic hydroxyl groups excluding tert-OH is 1. The van der Waals surface area contributed by atoms with E-state index in [2.05, 4.69) is 0 Å². The van der Waals surface area contributed by atoms with Gasteiger partial charge >= 0.3 is 5.97 Å². The fraction of sp³-hybridized carbons (Fsp3) is 0.562. The first kappa shape index (κ1) is 15.4. The molecule has 0 aromatic heterocycles. The summed E-state index contributed by atoms with van der Waals surface area (Å²) in [5.41, 5.74) is -0.692. The Morgan fingerprint density at radius 3 is 2.55 bits per heavy atom. The molecule has 1 aromatic carbocycles. The summed E-state index contributed by atoms with van der Waals surface area (Å²) in [5, 5.41) is 9.54. The number of hydrogen-bond acceptors (Lipinski definition) is 6. The number of aliphatic hydroxyl groups is 1. The first-order valence-electron chi connectivity index (χ1n) is 7.26. The SMILES string of the molecule is CC1(C)O[C@H]2O[C@H](CO)[C@](C)(OC(=O)c3ccccc3)[C@H]2O1. The molecule has 6 heteroatoms. The van der Waals surface area contributed by atoms with Crippen LogP contribution in [0.3, 0.4) is 0 Å². The molecule has 0 radical (unpaired) electrons. The minimum atomic E-state index is -1.12. The van der Waals surface area contributed by atoms with Gasteiger partial charge in [-0.25, -0.2) is 4.79 Å². The van der Waals surface area contributed by atoms with Crippen molar-refractivity contribution in [1.82, 2.24) is 0 Å². The number of carbonyl (C=O) groups is 1. The summed E-state index contributed by atoms with van der Waals surface area (Å²) < 4.78 is 22.8. The number of esters is 1. The van der Waals surface area contributed by atoms with Crippen molar-refractivity contribution in [2.24, 2.45) is 0 Å². The second-order valence-corrected chi connectivity index (χ2v) is 6.17. The molecule has 2 aliphatic heterocycles. The molecule has 120 valence electrons. The predicted molar refractivity (Wildman–Crippen MR) is 76.0 cm³/mol. The predicted octanol–water partition coefficient (Wildman–Crippen LogP) is 1.47. The standard InChI is InChI=1S/C16H20O6/c1-15(2)20-12-14(22-15)19-11(9-17)16(12,3)21-13(18)10-7-5-4-6-8-10/h4-8,11-12,14,17H,9H2,1-3H3/t11-,12+,14-,16+/m1/s1. The van der Waals surface area contributed by atoms with E-state index in [0.717, 1.165) is 0 Å². The Hall–Kier alpha value is -1.47. The molecule has 1 aromatic rings. The summed E-state index contributed by atoms with van der Waals surface area (Å²) in [4.78, 5) is 12.4. The van der Waals surface area contributed by atoms with Gasteiger partial charge in [0.1, 0.15) is 6.10 Å². The van der Waals surface area contributed by atoms with Gasteiger partial charge in [0.2, 0.25) is 0 Å². The zero-order chi connectivity index (χ0) is 16.0. The molecule has 4 atom stereocenters. The van der Waals surface area contributed by atoms with Crippen molar-refractivity contribution in [3.05, 3.63) is 35.9 Å². The molecule has 0 saturated carbocycles. The van der Waals surface area contributed by atoms with Crippen molar-refractivity contribution >= 4 is 5.97 Å². The van der Waals surface area contributed by atoms with Crippen molar-refractivity contribution in [2.45, 2.75) is 50.7 Å². The van der Waals surface area contributed by atoms with Gasteiger partial charge in [-0.3, -0.25) is 0 Å². The van der Waals surface area contributed by atoms with Crippen LogP contribution in [0.4, 0.5) is 0 Å². The molecular formula is C16H20O6. The van der Waals surface area contributed by atoms with Crippen LogP contribution in [-0.2, 0) is 18.9 Å². The van der Waals surface area contributed by atoms with Gasteiger partial charge in [-0.15, -0.1) is 0 Å². The van der Waals surface area contributed by atoms with Crippen LogP contribution in [0.2, 0.25) is 0 Å². The number of carbonyl (C=O) groups excluding carboxylic acids is 1. The summed E-state index contributed by atoms with van der Waals surface area (Å²) in [5.74, 6) is -1.31. The molecule has 2 saturated heterocycles. The molecule has 1 N–H and O–H groups in total. The second kappa shape index (κ2) is 5.31. The Labute approximate surface area is 128 Å². The molecule has 3 rings (SSSR count). The molecule has 2 heterocycles. The van der Waals surface area contributed by atoms with E-state index in [0.29, 0.717) is 5.56 Å². The average molecular weight is 308 g/mol. The van der Waals surface area contributed by atoms with Crippen molar-refractivity contribution < 1.29 is 28.8 Å². The van der Waals surface area contributed by atoms with E-state index in [4.69, 9.17) is 18.9 Å². The summed E-state index contributed by atoms with van der Waals surface area (Å²) in [6.07, 6.45) is -1.96. The Bertz CT molecular complexity index is 557. The van der Waals surface area contributed by atoms with Gasteiger partial charge in [0, 0.05) is 0 Å². The first-order chi connectivity index (χ1) is 10.4. The van der Waals surface area contributed by atoms with Crippen LogP contribution in [0.15, 0.2) is 30.3 Å². The minimum Gasteiger partial charge on any atom is -0.450 e. The number of fused-ring (bicyclic) bond motifs is 1. The Kier molecular flexibility index (Phi) is 3.72. The highest BCUT2D eigenvalue weighted by Gasteiger charge is 2.63. The molecule has 0 spiro atoms. The van der Waals surface area contributed by atoms with Crippen LogP contribution < -0.4 is 0 Å².